The molecule has 0 atom stereocenters. The van der Waals surface area contributed by atoms with Gasteiger partial charge in [0.15, 0.2) is 0 Å². The quantitative estimate of drug-likeness (QED) is 0.708. The molecule has 13 heavy (non-hydrogen) atoms. The molecule has 0 fully saturated rings. The highest BCUT2D eigenvalue weighted by atomic mass is 19.1. The van der Waals surface area contributed by atoms with Crippen molar-refractivity contribution in [2.75, 3.05) is 6.54 Å². The Hall–Kier alpha value is -1.15. The van der Waals surface area contributed by atoms with Gasteiger partial charge >= 0.3 is 0 Å². The fourth-order valence-electron chi connectivity index (χ4n) is 0.996. The summed E-state index contributed by atoms with van der Waals surface area (Å²) >= 11 is 0. The molecule has 0 spiro atoms. The van der Waals surface area contributed by atoms with Crippen LogP contribution in [0.25, 0.3) is 0 Å². The van der Waals surface area contributed by atoms with Crippen molar-refractivity contribution in [3.05, 3.63) is 47.3 Å². The van der Waals surface area contributed by atoms with E-state index in [9.17, 15) is 4.39 Å². The van der Waals surface area contributed by atoms with Gasteiger partial charge in [0.25, 0.3) is 0 Å². The first kappa shape index (κ1) is 9.93. The highest BCUT2D eigenvalue weighted by Gasteiger charge is 1.91. The summed E-state index contributed by atoms with van der Waals surface area (Å²) in [4.78, 5) is 0. The van der Waals surface area contributed by atoms with Gasteiger partial charge in [-0.15, -0.1) is 0 Å². The average Bonchev–Trinajstić information content (AvgIpc) is 2.16. The van der Waals surface area contributed by atoms with Crippen LogP contribution in [0.2, 0.25) is 0 Å². The van der Waals surface area contributed by atoms with Crippen molar-refractivity contribution in [2.24, 2.45) is 5.73 Å². The lowest BCUT2D eigenvalue weighted by Crippen LogP contribution is -1.99. The third kappa shape index (κ3) is 3.38. The maximum atomic E-state index is 12.5. The highest BCUT2D eigenvalue weighted by Crippen LogP contribution is 2.05. The average molecular weight is 179 g/mol. The van der Waals surface area contributed by atoms with E-state index in [0.717, 1.165) is 17.6 Å². The Morgan fingerprint density at radius 1 is 1.38 bits per heavy atom. The Labute approximate surface area is 78.1 Å². The van der Waals surface area contributed by atoms with E-state index in [4.69, 9.17) is 5.73 Å². The Morgan fingerprint density at radius 2 is 2.00 bits per heavy atom. The second-order valence-corrected chi connectivity index (χ2v) is 3.09. The molecule has 1 aromatic carbocycles. The second-order valence-electron chi connectivity index (χ2n) is 3.09. The van der Waals surface area contributed by atoms with Crippen molar-refractivity contribution in [1.82, 2.24) is 0 Å². The molecule has 0 saturated carbocycles. The minimum Gasteiger partial charge on any atom is -0.327 e. The van der Waals surface area contributed by atoms with Crippen LogP contribution in [0.4, 0.5) is 4.39 Å². The molecular formula is C11H14FN. The Kier molecular flexibility index (Phi) is 3.65. The van der Waals surface area contributed by atoms with E-state index in [2.05, 4.69) is 6.08 Å². The standard InChI is InChI=1S/C11H14FN/c1-9(8-13)2-3-10-4-6-11(12)7-5-10/h2,4-7H,3,8,13H2,1H3/b9-2-. The van der Waals surface area contributed by atoms with Crippen LogP contribution in [-0.2, 0) is 6.42 Å². The number of allylic oxidation sites excluding steroid dienone is 1. The Balaban J connectivity index is 2.60. The van der Waals surface area contributed by atoms with Gasteiger partial charge in [-0.3, -0.25) is 0 Å². The van der Waals surface area contributed by atoms with Crippen molar-refractivity contribution in [3.8, 4) is 0 Å². The number of hydrogen-bond donors (Lipinski definition) is 1. The maximum absolute atomic E-state index is 12.5. The van der Waals surface area contributed by atoms with Gasteiger partial charge in [0.05, 0.1) is 0 Å². The molecule has 2 N–H and O–H groups in total. The van der Waals surface area contributed by atoms with Crippen LogP contribution in [0.3, 0.4) is 0 Å². The van der Waals surface area contributed by atoms with E-state index < -0.39 is 0 Å². The van der Waals surface area contributed by atoms with Crippen LogP contribution in [0.15, 0.2) is 35.9 Å². The van der Waals surface area contributed by atoms with Crippen molar-refractivity contribution in [2.45, 2.75) is 13.3 Å². The number of hydrogen-bond acceptors (Lipinski definition) is 1. The van der Waals surface area contributed by atoms with E-state index in [1.807, 2.05) is 6.92 Å². The predicted molar refractivity (Wildman–Crippen MR) is 52.9 cm³/mol. The Bertz CT molecular complexity index is 287. The first-order chi connectivity index (χ1) is 6.22. The third-order valence-electron chi connectivity index (χ3n) is 1.92. The van der Waals surface area contributed by atoms with E-state index in [0.29, 0.717) is 6.54 Å². The van der Waals surface area contributed by atoms with E-state index >= 15 is 0 Å². The van der Waals surface area contributed by atoms with Crippen LogP contribution < -0.4 is 5.73 Å². The first-order valence-electron chi connectivity index (χ1n) is 4.32. The molecule has 0 heterocycles. The van der Waals surface area contributed by atoms with Crippen LogP contribution in [0.5, 0.6) is 0 Å². The zero-order chi connectivity index (χ0) is 9.68. The molecule has 0 radical (unpaired) electrons. The van der Waals surface area contributed by atoms with Crippen molar-refractivity contribution in [1.29, 1.82) is 0 Å². The summed E-state index contributed by atoms with van der Waals surface area (Å²) in [6.45, 7) is 2.57. The molecular weight excluding hydrogens is 165 g/mol. The van der Waals surface area contributed by atoms with Crippen LogP contribution >= 0.6 is 0 Å². The molecule has 0 unspecified atom stereocenters. The van der Waals surface area contributed by atoms with Crippen LogP contribution in [0.1, 0.15) is 12.5 Å². The molecule has 0 aliphatic heterocycles. The SMILES string of the molecule is C/C(=C/Cc1ccc(F)cc1)CN. The zero-order valence-electron chi connectivity index (χ0n) is 7.76. The highest BCUT2D eigenvalue weighted by molar-refractivity contribution is 5.19. The summed E-state index contributed by atoms with van der Waals surface area (Å²) in [7, 11) is 0. The van der Waals surface area contributed by atoms with Crippen molar-refractivity contribution in [3.63, 3.8) is 0 Å². The van der Waals surface area contributed by atoms with Gasteiger partial charge in [-0.25, -0.2) is 4.39 Å². The summed E-state index contributed by atoms with van der Waals surface area (Å²) in [5.41, 5.74) is 7.69. The van der Waals surface area contributed by atoms with E-state index in [1.54, 1.807) is 12.1 Å². The summed E-state index contributed by atoms with van der Waals surface area (Å²) in [5, 5.41) is 0. The number of benzene rings is 1. The largest absolute Gasteiger partial charge is 0.327 e. The van der Waals surface area contributed by atoms with Gasteiger partial charge in [0, 0.05) is 6.54 Å². The molecule has 2 heteroatoms. The fraction of sp³-hybridized carbons (Fsp3) is 0.273. The smallest absolute Gasteiger partial charge is 0.123 e. The molecule has 1 nitrogen and oxygen atoms in total. The van der Waals surface area contributed by atoms with Gasteiger partial charge in [0.1, 0.15) is 5.82 Å². The zero-order valence-corrected chi connectivity index (χ0v) is 7.76. The lowest BCUT2D eigenvalue weighted by Gasteiger charge is -1.98. The molecule has 1 aromatic rings. The first-order valence-corrected chi connectivity index (χ1v) is 4.32. The molecule has 70 valence electrons. The molecule has 0 bridgehead atoms. The predicted octanol–water partition coefficient (Wildman–Crippen LogP) is 2.27. The van der Waals surface area contributed by atoms with Crippen molar-refractivity contribution < 1.29 is 4.39 Å². The Morgan fingerprint density at radius 3 is 2.54 bits per heavy atom. The molecule has 0 aliphatic rings. The summed E-state index contributed by atoms with van der Waals surface area (Å²) in [6, 6.07) is 6.52. The third-order valence-corrected chi connectivity index (χ3v) is 1.92. The normalized spacial score (nSPS) is 11.8. The lowest BCUT2D eigenvalue weighted by molar-refractivity contribution is 0.627. The number of halogens is 1. The summed E-state index contributed by atoms with van der Waals surface area (Å²) < 4.78 is 12.5. The van der Waals surface area contributed by atoms with Gasteiger partial charge < -0.3 is 5.73 Å². The van der Waals surface area contributed by atoms with Gasteiger partial charge in [-0.05, 0) is 31.0 Å². The maximum Gasteiger partial charge on any atom is 0.123 e. The summed E-state index contributed by atoms with van der Waals surface area (Å²) in [6.07, 6.45) is 2.89. The van der Waals surface area contributed by atoms with Crippen LogP contribution in [0, 0.1) is 5.82 Å². The molecule has 0 aliphatic carbocycles. The lowest BCUT2D eigenvalue weighted by atomic mass is 10.1. The fourth-order valence-corrected chi connectivity index (χ4v) is 0.996. The van der Waals surface area contributed by atoms with E-state index in [1.165, 1.54) is 12.1 Å². The second kappa shape index (κ2) is 4.77. The number of rotatable bonds is 3. The van der Waals surface area contributed by atoms with Gasteiger partial charge in [0.2, 0.25) is 0 Å². The summed E-state index contributed by atoms with van der Waals surface area (Å²) in [5.74, 6) is -0.191. The molecule has 0 aromatic heterocycles. The van der Waals surface area contributed by atoms with Crippen molar-refractivity contribution >= 4 is 0 Å². The topological polar surface area (TPSA) is 26.0 Å². The minimum atomic E-state index is -0.191. The molecule has 1 rings (SSSR count). The monoisotopic (exact) mass is 179 g/mol. The minimum absolute atomic E-state index is 0.191. The van der Waals surface area contributed by atoms with E-state index in [-0.39, 0.29) is 5.82 Å². The molecule has 0 saturated heterocycles. The van der Waals surface area contributed by atoms with Crippen LogP contribution in [-0.4, -0.2) is 6.54 Å². The van der Waals surface area contributed by atoms with Gasteiger partial charge in [-0.2, -0.15) is 0 Å². The van der Waals surface area contributed by atoms with Gasteiger partial charge in [-0.1, -0.05) is 23.8 Å². The number of nitrogens with two attached hydrogens (primary N) is 1. The molecule has 0 amide bonds.